The van der Waals surface area contributed by atoms with Gasteiger partial charge in [0.1, 0.15) is 0 Å². The third kappa shape index (κ3) is 6.18. The summed E-state index contributed by atoms with van der Waals surface area (Å²) in [5.74, 6) is -0.128. The molecule has 1 aromatic rings. The third-order valence-corrected chi connectivity index (χ3v) is 3.69. The number of hydrogen-bond acceptors (Lipinski definition) is 4. The molecule has 0 aliphatic carbocycles. The van der Waals surface area contributed by atoms with Crippen LogP contribution in [0.4, 0.5) is 4.79 Å². The highest BCUT2D eigenvalue weighted by Gasteiger charge is 2.11. The molecule has 6 N–H and O–H groups in total. The lowest BCUT2D eigenvalue weighted by Gasteiger charge is -2.08. The van der Waals surface area contributed by atoms with Gasteiger partial charge in [0.05, 0.1) is 5.75 Å². The zero-order chi connectivity index (χ0) is 14.3. The maximum absolute atomic E-state index is 11.8. The first-order valence-electron chi connectivity index (χ1n) is 5.71. The predicted octanol–water partition coefficient (Wildman–Crippen LogP) is -0.767. The molecule has 0 aliphatic rings. The molecule has 0 saturated carbocycles. The van der Waals surface area contributed by atoms with Gasteiger partial charge in [0.2, 0.25) is 10.0 Å². The first-order chi connectivity index (χ1) is 8.93. The summed E-state index contributed by atoms with van der Waals surface area (Å²) < 4.78 is 25.9. The quantitative estimate of drug-likeness (QED) is 0.491. The van der Waals surface area contributed by atoms with Crippen molar-refractivity contribution in [3.8, 4) is 0 Å². The second-order valence-corrected chi connectivity index (χ2v) is 5.78. The van der Waals surface area contributed by atoms with Crippen LogP contribution in [0.1, 0.15) is 11.1 Å². The average molecular weight is 286 g/mol. The van der Waals surface area contributed by atoms with Crippen LogP contribution in [0.25, 0.3) is 0 Å². The van der Waals surface area contributed by atoms with Crippen molar-refractivity contribution in [3.63, 3.8) is 0 Å². The number of nitrogens with one attached hydrogen (secondary N) is 2. The number of amides is 2. The lowest BCUT2D eigenvalue weighted by molar-refractivity contribution is 0.249. The van der Waals surface area contributed by atoms with Gasteiger partial charge in [-0.05, 0) is 11.1 Å². The molecular formula is C11H18N4O3S. The molecule has 7 nitrogen and oxygen atoms in total. The van der Waals surface area contributed by atoms with Gasteiger partial charge in [-0.15, -0.1) is 0 Å². The van der Waals surface area contributed by atoms with Crippen molar-refractivity contribution in [1.29, 1.82) is 0 Å². The van der Waals surface area contributed by atoms with Gasteiger partial charge < -0.3 is 16.8 Å². The van der Waals surface area contributed by atoms with Crippen molar-refractivity contribution in [2.24, 2.45) is 11.5 Å². The molecular weight excluding hydrogens is 268 g/mol. The van der Waals surface area contributed by atoms with E-state index in [1.807, 2.05) is 6.07 Å². The highest BCUT2D eigenvalue weighted by Crippen LogP contribution is 2.08. The molecule has 0 aliphatic heterocycles. The predicted molar refractivity (Wildman–Crippen MR) is 72.5 cm³/mol. The second kappa shape index (κ2) is 7.07. The van der Waals surface area contributed by atoms with Crippen LogP contribution in [0.15, 0.2) is 24.3 Å². The van der Waals surface area contributed by atoms with Crippen LogP contribution >= 0.6 is 0 Å². The molecule has 0 fully saturated rings. The van der Waals surface area contributed by atoms with Crippen molar-refractivity contribution in [2.45, 2.75) is 12.3 Å². The first-order valence-corrected chi connectivity index (χ1v) is 7.37. The molecule has 19 heavy (non-hydrogen) atoms. The highest BCUT2D eigenvalue weighted by atomic mass is 32.2. The number of carbonyl (C=O) groups excluding carboxylic acids is 1. The molecule has 1 rings (SSSR count). The maximum Gasteiger partial charge on any atom is 0.312 e. The monoisotopic (exact) mass is 286 g/mol. The van der Waals surface area contributed by atoms with E-state index in [4.69, 9.17) is 11.5 Å². The summed E-state index contributed by atoms with van der Waals surface area (Å²) in [6, 6.07) is 6.39. The molecule has 0 spiro atoms. The van der Waals surface area contributed by atoms with Gasteiger partial charge in [0.25, 0.3) is 0 Å². The smallest absolute Gasteiger partial charge is 0.312 e. The molecule has 1 aromatic carbocycles. The van der Waals surface area contributed by atoms with Crippen molar-refractivity contribution >= 4 is 16.1 Å². The Morgan fingerprint density at radius 2 is 1.89 bits per heavy atom. The Morgan fingerprint density at radius 1 is 1.21 bits per heavy atom. The average Bonchev–Trinajstić information content (AvgIpc) is 2.34. The van der Waals surface area contributed by atoms with Gasteiger partial charge >= 0.3 is 6.03 Å². The number of hydrogen-bond donors (Lipinski definition) is 4. The van der Waals surface area contributed by atoms with Crippen molar-refractivity contribution in [1.82, 2.24) is 10.0 Å². The Kier molecular flexibility index (Phi) is 5.74. The minimum absolute atomic E-state index is 0.0991. The highest BCUT2D eigenvalue weighted by molar-refractivity contribution is 7.88. The summed E-state index contributed by atoms with van der Waals surface area (Å²) >= 11 is 0. The molecule has 0 bridgehead atoms. The lowest BCUT2D eigenvalue weighted by Crippen LogP contribution is -2.37. The van der Waals surface area contributed by atoms with E-state index in [-0.39, 0.29) is 18.8 Å². The number of benzene rings is 1. The van der Waals surface area contributed by atoms with E-state index in [0.29, 0.717) is 12.1 Å². The fraction of sp³-hybridized carbons (Fsp3) is 0.364. The van der Waals surface area contributed by atoms with Crippen LogP contribution in [0.5, 0.6) is 0 Å². The van der Waals surface area contributed by atoms with Crippen molar-refractivity contribution in [3.05, 3.63) is 35.4 Å². The maximum atomic E-state index is 11.8. The van der Waals surface area contributed by atoms with E-state index in [2.05, 4.69) is 10.0 Å². The molecule has 106 valence electrons. The Balaban J connectivity index is 2.51. The van der Waals surface area contributed by atoms with E-state index in [9.17, 15) is 13.2 Å². The zero-order valence-corrected chi connectivity index (χ0v) is 11.2. The summed E-state index contributed by atoms with van der Waals surface area (Å²) in [4.78, 5) is 10.4. The number of primary amides is 1. The fourth-order valence-corrected chi connectivity index (χ4v) is 2.64. The molecule has 0 atom stereocenters. The number of carbonyl (C=O) groups is 1. The summed E-state index contributed by atoms with van der Waals surface area (Å²) in [5, 5.41) is 2.30. The van der Waals surface area contributed by atoms with Crippen LogP contribution in [-0.2, 0) is 22.3 Å². The van der Waals surface area contributed by atoms with Crippen LogP contribution in [0, 0.1) is 0 Å². The number of urea groups is 1. The molecule has 8 heteroatoms. The summed E-state index contributed by atoms with van der Waals surface area (Å²) in [5.41, 5.74) is 11.9. The van der Waals surface area contributed by atoms with E-state index in [0.717, 1.165) is 5.56 Å². The molecule has 0 heterocycles. The van der Waals surface area contributed by atoms with E-state index in [1.54, 1.807) is 18.2 Å². The summed E-state index contributed by atoms with van der Waals surface area (Å²) in [6.45, 7) is 0.614. The fourth-order valence-electron chi connectivity index (χ4n) is 1.51. The van der Waals surface area contributed by atoms with Gasteiger partial charge in [0, 0.05) is 19.6 Å². The third-order valence-electron chi connectivity index (χ3n) is 2.33. The number of rotatable bonds is 7. The Bertz CT molecular complexity index is 530. The van der Waals surface area contributed by atoms with Crippen molar-refractivity contribution in [2.75, 3.05) is 13.1 Å². The van der Waals surface area contributed by atoms with Gasteiger partial charge in [-0.1, -0.05) is 24.3 Å². The standard InChI is InChI=1S/C11H18N4O3S/c12-7-9-2-1-3-10(6-9)8-19(17,18)15-5-4-14-11(13)16/h1-3,6,15H,4-5,7-8,12H2,(H3,13,14,16). The topological polar surface area (TPSA) is 127 Å². The van der Waals surface area contributed by atoms with Crippen LogP contribution in [-0.4, -0.2) is 27.5 Å². The molecule has 2 amide bonds. The lowest BCUT2D eigenvalue weighted by atomic mass is 10.1. The normalized spacial score (nSPS) is 11.2. The van der Waals surface area contributed by atoms with Crippen molar-refractivity contribution < 1.29 is 13.2 Å². The van der Waals surface area contributed by atoms with E-state index >= 15 is 0 Å². The van der Waals surface area contributed by atoms with Gasteiger partial charge in [-0.25, -0.2) is 17.9 Å². The Hall–Kier alpha value is -1.64. The van der Waals surface area contributed by atoms with Gasteiger partial charge in [-0.2, -0.15) is 0 Å². The van der Waals surface area contributed by atoms with Crippen LogP contribution < -0.4 is 21.5 Å². The first kappa shape index (κ1) is 15.4. The minimum atomic E-state index is -3.44. The zero-order valence-electron chi connectivity index (χ0n) is 10.4. The van der Waals surface area contributed by atoms with E-state index in [1.165, 1.54) is 0 Å². The Labute approximate surface area is 112 Å². The SMILES string of the molecule is NCc1cccc(CS(=O)(=O)NCCNC(N)=O)c1. The van der Waals surface area contributed by atoms with E-state index < -0.39 is 16.1 Å². The molecule has 0 radical (unpaired) electrons. The summed E-state index contributed by atoms with van der Waals surface area (Å²) in [7, 11) is -3.44. The Morgan fingerprint density at radius 3 is 2.53 bits per heavy atom. The molecule has 0 aromatic heterocycles. The largest absolute Gasteiger partial charge is 0.352 e. The minimum Gasteiger partial charge on any atom is -0.352 e. The van der Waals surface area contributed by atoms with Crippen LogP contribution in [0.2, 0.25) is 0 Å². The summed E-state index contributed by atoms with van der Waals surface area (Å²) in [6.07, 6.45) is 0. The van der Waals surface area contributed by atoms with Crippen LogP contribution in [0.3, 0.4) is 0 Å². The number of nitrogens with two attached hydrogens (primary N) is 2. The number of sulfonamides is 1. The van der Waals surface area contributed by atoms with Gasteiger partial charge in [0.15, 0.2) is 0 Å². The van der Waals surface area contributed by atoms with Gasteiger partial charge in [-0.3, -0.25) is 0 Å². The molecule has 0 unspecified atom stereocenters. The second-order valence-electron chi connectivity index (χ2n) is 3.97. The molecule has 0 saturated heterocycles.